The van der Waals surface area contributed by atoms with Crippen molar-refractivity contribution < 1.29 is 28.9 Å². The summed E-state index contributed by atoms with van der Waals surface area (Å²) in [5.74, 6) is -3.29. The molecule has 2 heterocycles. The van der Waals surface area contributed by atoms with Gasteiger partial charge in [0, 0.05) is 36.8 Å². The molecule has 1 unspecified atom stereocenters. The van der Waals surface area contributed by atoms with E-state index in [2.05, 4.69) is 4.90 Å². The average Bonchev–Trinajstić information content (AvgIpc) is 3.06. The molecule has 0 aliphatic carbocycles. The summed E-state index contributed by atoms with van der Waals surface area (Å²) in [4.78, 5) is 29.5. The monoisotopic (exact) mass is 474 g/mol. The molecular formula is C24H24ClFN2O5. The fraction of sp³-hybridized carbons (Fsp3) is 0.333. The van der Waals surface area contributed by atoms with Crippen molar-refractivity contribution in [1.82, 2.24) is 9.80 Å². The highest BCUT2D eigenvalue weighted by atomic mass is 35.5. The molecule has 174 valence electrons. The molecule has 0 bridgehead atoms. The zero-order valence-electron chi connectivity index (χ0n) is 17.8. The van der Waals surface area contributed by atoms with Crippen molar-refractivity contribution in [3.05, 3.63) is 70.0 Å². The number of phenols is 1. The first-order valence-corrected chi connectivity index (χ1v) is 11.1. The fourth-order valence-corrected chi connectivity index (χ4v) is 4.44. The number of aliphatic hydroxyl groups excluding tert-OH is 1. The number of benzene rings is 2. The average molecular weight is 475 g/mol. The van der Waals surface area contributed by atoms with E-state index >= 15 is 0 Å². The molecule has 2 aliphatic rings. The van der Waals surface area contributed by atoms with E-state index in [1.807, 2.05) is 0 Å². The van der Waals surface area contributed by atoms with E-state index in [4.69, 9.17) is 16.3 Å². The number of aliphatic hydroxyl groups is 1. The van der Waals surface area contributed by atoms with Crippen LogP contribution in [0.3, 0.4) is 0 Å². The first kappa shape index (κ1) is 23.2. The molecule has 0 spiro atoms. The van der Waals surface area contributed by atoms with Crippen LogP contribution in [0.1, 0.15) is 23.6 Å². The maximum atomic E-state index is 14.8. The van der Waals surface area contributed by atoms with Crippen molar-refractivity contribution in [2.75, 3.05) is 39.4 Å². The molecule has 0 saturated carbocycles. The molecule has 2 saturated heterocycles. The Balaban J connectivity index is 1.72. The van der Waals surface area contributed by atoms with Gasteiger partial charge in [0.15, 0.2) is 0 Å². The Morgan fingerprint density at radius 2 is 1.85 bits per heavy atom. The molecule has 7 nitrogen and oxygen atoms in total. The molecule has 0 aromatic heterocycles. The smallest absolute Gasteiger partial charge is 0.295 e. The van der Waals surface area contributed by atoms with Crippen LogP contribution in [0.15, 0.2) is 48.0 Å². The van der Waals surface area contributed by atoms with Gasteiger partial charge in [-0.05, 0) is 30.7 Å². The quantitative estimate of drug-likeness (QED) is 0.379. The Morgan fingerprint density at radius 3 is 2.58 bits per heavy atom. The number of ether oxygens (including phenoxy) is 1. The summed E-state index contributed by atoms with van der Waals surface area (Å²) in [5, 5.41) is 21.4. The predicted molar refractivity (Wildman–Crippen MR) is 120 cm³/mol. The summed E-state index contributed by atoms with van der Waals surface area (Å²) in [5.41, 5.74) is -0.296. The number of Topliss-reactive ketones (excluding diaryl/α,β-unsaturated/α-hetero) is 1. The molecule has 0 radical (unpaired) electrons. The number of ketones is 1. The van der Waals surface area contributed by atoms with Gasteiger partial charge in [-0.2, -0.15) is 0 Å². The second-order valence-corrected chi connectivity index (χ2v) is 8.42. The number of amides is 1. The minimum atomic E-state index is -1.13. The number of hydrogen-bond donors (Lipinski definition) is 2. The molecule has 2 fully saturated rings. The van der Waals surface area contributed by atoms with Crippen molar-refractivity contribution >= 4 is 29.1 Å². The van der Waals surface area contributed by atoms with Crippen molar-refractivity contribution in [2.45, 2.75) is 12.5 Å². The standard InChI is InChI=1S/C24H24ClFN2O5/c25-15-6-7-19(29)17(14-15)22(30)20-21(16-4-1-2-5-18(16)26)28(24(32)23(20)31)9-3-8-27-10-12-33-13-11-27/h1-2,4-7,14,21,29-30H,3,8-13H2/b22-20+. The van der Waals surface area contributed by atoms with Crippen LogP contribution in [0.2, 0.25) is 5.02 Å². The normalized spacial score (nSPS) is 21.0. The van der Waals surface area contributed by atoms with Gasteiger partial charge in [-0.25, -0.2) is 4.39 Å². The molecule has 2 aromatic carbocycles. The largest absolute Gasteiger partial charge is 0.507 e. The molecule has 2 aliphatic heterocycles. The van der Waals surface area contributed by atoms with E-state index < -0.39 is 29.3 Å². The summed E-state index contributed by atoms with van der Waals surface area (Å²) < 4.78 is 20.2. The zero-order valence-corrected chi connectivity index (χ0v) is 18.6. The summed E-state index contributed by atoms with van der Waals surface area (Å²) >= 11 is 6.00. The molecule has 2 N–H and O–H groups in total. The topological polar surface area (TPSA) is 90.3 Å². The highest BCUT2D eigenvalue weighted by Gasteiger charge is 2.47. The lowest BCUT2D eigenvalue weighted by Crippen LogP contribution is -2.39. The van der Waals surface area contributed by atoms with Gasteiger partial charge >= 0.3 is 0 Å². The van der Waals surface area contributed by atoms with Crippen LogP contribution in [0.5, 0.6) is 5.75 Å². The van der Waals surface area contributed by atoms with Crippen LogP contribution in [-0.4, -0.2) is 71.1 Å². The Morgan fingerprint density at radius 1 is 1.12 bits per heavy atom. The number of phenolic OH excluding ortho intramolecular Hbond substituents is 1. The molecule has 1 amide bonds. The molecule has 4 rings (SSSR count). The third-order valence-electron chi connectivity index (χ3n) is 5.93. The SMILES string of the molecule is O=C1C(=O)N(CCCN2CCOCC2)C(c2ccccc2F)/C1=C(\O)c1cc(Cl)ccc1O. The molecule has 1 atom stereocenters. The summed E-state index contributed by atoms with van der Waals surface area (Å²) in [6.45, 7) is 3.73. The summed E-state index contributed by atoms with van der Waals surface area (Å²) in [7, 11) is 0. The minimum Gasteiger partial charge on any atom is -0.507 e. The van der Waals surface area contributed by atoms with Gasteiger partial charge in [-0.1, -0.05) is 29.8 Å². The Labute approximate surface area is 195 Å². The number of likely N-dealkylation sites (tertiary alicyclic amines) is 1. The number of hydrogen-bond acceptors (Lipinski definition) is 6. The van der Waals surface area contributed by atoms with Gasteiger partial charge in [0.1, 0.15) is 17.3 Å². The van der Waals surface area contributed by atoms with Gasteiger partial charge in [-0.3, -0.25) is 14.5 Å². The number of nitrogens with zero attached hydrogens (tertiary/aromatic N) is 2. The van der Waals surface area contributed by atoms with Gasteiger partial charge < -0.3 is 19.8 Å². The van der Waals surface area contributed by atoms with Gasteiger partial charge in [-0.15, -0.1) is 0 Å². The van der Waals surface area contributed by atoms with Crippen LogP contribution in [-0.2, 0) is 14.3 Å². The maximum absolute atomic E-state index is 14.8. The van der Waals surface area contributed by atoms with Crippen molar-refractivity contribution in [1.29, 1.82) is 0 Å². The second-order valence-electron chi connectivity index (χ2n) is 7.98. The minimum absolute atomic E-state index is 0.0890. The first-order chi connectivity index (χ1) is 15.9. The molecule has 2 aromatic rings. The maximum Gasteiger partial charge on any atom is 0.295 e. The van der Waals surface area contributed by atoms with Crippen molar-refractivity contribution in [3.8, 4) is 5.75 Å². The van der Waals surface area contributed by atoms with E-state index in [0.717, 1.165) is 13.1 Å². The molecular weight excluding hydrogens is 451 g/mol. The third kappa shape index (κ3) is 4.73. The van der Waals surface area contributed by atoms with E-state index in [0.29, 0.717) is 26.2 Å². The number of carbonyl (C=O) groups excluding carboxylic acids is 2. The Hall–Kier alpha value is -2.94. The van der Waals surface area contributed by atoms with E-state index in [-0.39, 0.29) is 34.0 Å². The number of morpholine rings is 1. The van der Waals surface area contributed by atoms with Gasteiger partial charge in [0.05, 0.1) is 30.4 Å². The van der Waals surface area contributed by atoms with E-state index in [1.165, 1.54) is 41.3 Å². The van der Waals surface area contributed by atoms with Crippen LogP contribution in [0.4, 0.5) is 4.39 Å². The lowest BCUT2D eigenvalue weighted by molar-refractivity contribution is -0.140. The van der Waals surface area contributed by atoms with Crippen molar-refractivity contribution in [2.24, 2.45) is 0 Å². The van der Waals surface area contributed by atoms with Gasteiger partial charge in [0.2, 0.25) is 0 Å². The first-order valence-electron chi connectivity index (χ1n) is 10.7. The van der Waals surface area contributed by atoms with Gasteiger partial charge in [0.25, 0.3) is 11.7 Å². The highest BCUT2D eigenvalue weighted by Crippen LogP contribution is 2.42. The lowest BCUT2D eigenvalue weighted by Gasteiger charge is -2.29. The van der Waals surface area contributed by atoms with Crippen molar-refractivity contribution in [3.63, 3.8) is 0 Å². The fourth-order valence-electron chi connectivity index (χ4n) is 4.26. The summed E-state index contributed by atoms with van der Waals surface area (Å²) in [6.07, 6.45) is 0.556. The Kier molecular flexibility index (Phi) is 6.97. The number of halogens is 2. The predicted octanol–water partition coefficient (Wildman–Crippen LogP) is 3.33. The number of aromatic hydroxyl groups is 1. The molecule has 9 heteroatoms. The van der Waals surface area contributed by atoms with Crippen LogP contribution < -0.4 is 0 Å². The Bertz CT molecular complexity index is 1100. The van der Waals surface area contributed by atoms with E-state index in [1.54, 1.807) is 6.07 Å². The van der Waals surface area contributed by atoms with Crippen LogP contribution >= 0.6 is 11.6 Å². The summed E-state index contributed by atoms with van der Waals surface area (Å²) in [6, 6.07) is 8.67. The highest BCUT2D eigenvalue weighted by molar-refractivity contribution is 6.46. The zero-order chi connectivity index (χ0) is 23.5. The van der Waals surface area contributed by atoms with Crippen LogP contribution in [0, 0.1) is 5.82 Å². The van der Waals surface area contributed by atoms with E-state index in [9.17, 15) is 24.2 Å². The molecule has 33 heavy (non-hydrogen) atoms. The number of carbonyl (C=O) groups is 2. The second kappa shape index (κ2) is 9.91. The number of rotatable bonds is 6. The van der Waals surface area contributed by atoms with Crippen LogP contribution in [0.25, 0.3) is 5.76 Å². The lowest BCUT2D eigenvalue weighted by atomic mass is 9.94. The third-order valence-corrected chi connectivity index (χ3v) is 6.17.